The third-order valence-electron chi connectivity index (χ3n) is 6.20. The summed E-state index contributed by atoms with van der Waals surface area (Å²) in [6.07, 6.45) is 1.40. The van der Waals surface area contributed by atoms with Crippen LogP contribution in [-0.2, 0) is 11.3 Å². The summed E-state index contributed by atoms with van der Waals surface area (Å²) in [6.45, 7) is 2.17. The fraction of sp³-hybridized carbons (Fsp3) is 0.207. The highest BCUT2D eigenvalue weighted by molar-refractivity contribution is 6.10. The monoisotopic (exact) mass is 530 g/mol. The fourth-order valence-corrected chi connectivity index (χ4v) is 4.33. The second-order valence-corrected chi connectivity index (χ2v) is 8.66. The van der Waals surface area contributed by atoms with Gasteiger partial charge in [0.1, 0.15) is 23.8 Å². The van der Waals surface area contributed by atoms with Gasteiger partial charge in [-0.2, -0.15) is 0 Å². The van der Waals surface area contributed by atoms with E-state index in [0.717, 1.165) is 0 Å². The maximum absolute atomic E-state index is 13.5. The number of ketones is 1. The van der Waals surface area contributed by atoms with Gasteiger partial charge < -0.3 is 33.6 Å². The number of anilines is 1. The minimum atomic E-state index is -0.477. The van der Waals surface area contributed by atoms with E-state index in [1.807, 2.05) is 6.92 Å². The molecular weight excluding hydrogens is 504 g/mol. The first-order valence-electron chi connectivity index (χ1n) is 12.2. The van der Waals surface area contributed by atoms with Gasteiger partial charge in [-0.05, 0) is 37.3 Å². The lowest BCUT2D eigenvalue weighted by Gasteiger charge is -2.15. The minimum Gasteiger partial charge on any atom is -0.497 e. The van der Waals surface area contributed by atoms with Crippen LogP contribution in [0.1, 0.15) is 22.8 Å². The molecular formula is C29H26N2O8. The molecule has 0 fully saturated rings. The molecule has 2 heterocycles. The Labute approximate surface area is 223 Å². The Bertz CT molecular complexity index is 1600. The van der Waals surface area contributed by atoms with E-state index in [9.17, 15) is 14.4 Å². The van der Waals surface area contributed by atoms with Crippen molar-refractivity contribution in [3.8, 4) is 28.7 Å². The van der Waals surface area contributed by atoms with Crippen molar-refractivity contribution < 1.29 is 33.3 Å². The summed E-state index contributed by atoms with van der Waals surface area (Å²) in [6, 6.07) is 14.7. The maximum atomic E-state index is 13.5. The Morgan fingerprint density at radius 3 is 2.23 bits per heavy atom. The molecule has 0 radical (unpaired) electrons. The minimum absolute atomic E-state index is 0.00989. The van der Waals surface area contributed by atoms with Crippen LogP contribution in [0.4, 0.5) is 5.69 Å². The number of hydrogen-bond acceptors (Lipinski definition) is 8. The standard InChI is InChI=1S/C29H26N2O8/c1-4-37-19-7-5-17(6-8-19)28(33)23-14-31(24-13-26-25(38-16-39-26)12-22(24)29(23)34)15-27(32)30-18-9-20(35-2)11-21(10-18)36-3/h5-14H,4,15-16H2,1-3H3,(H,30,32). The van der Waals surface area contributed by atoms with Gasteiger partial charge >= 0.3 is 0 Å². The molecule has 0 spiro atoms. The van der Waals surface area contributed by atoms with Gasteiger partial charge in [0, 0.05) is 41.7 Å². The molecule has 1 aliphatic heterocycles. The van der Waals surface area contributed by atoms with Crippen molar-refractivity contribution in [2.75, 3.05) is 32.9 Å². The van der Waals surface area contributed by atoms with Gasteiger partial charge in [0.15, 0.2) is 17.3 Å². The topological polar surface area (TPSA) is 114 Å². The van der Waals surface area contributed by atoms with Crippen molar-refractivity contribution in [2.45, 2.75) is 13.5 Å². The Morgan fingerprint density at radius 1 is 0.923 bits per heavy atom. The SMILES string of the molecule is CCOc1ccc(C(=O)c2cn(CC(=O)Nc3cc(OC)cc(OC)c3)c3cc4c(cc3c2=O)OCO4)cc1. The van der Waals surface area contributed by atoms with E-state index in [0.29, 0.717) is 52.1 Å². The fourth-order valence-electron chi connectivity index (χ4n) is 4.33. The highest BCUT2D eigenvalue weighted by Gasteiger charge is 2.22. The largest absolute Gasteiger partial charge is 0.497 e. The molecule has 3 aromatic carbocycles. The van der Waals surface area contributed by atoms with Crippen LogP contribution in [0.5, 0.6) is 28.7 Å². The first-order chi connectivity index (χ1) is 18.9. The molecule has 1 amide bonds. The number of carbonyl (C=O) groups is 2. The maximum Gasteiger partial charge on any atom is 0.244 e. The number of pyridine rings is 1. The number of rotatable bonds is 9. The predicted molar refractivity (Wildman–Crippen MR) is 144 cm³/mol. The molecule has 0 saturated carbocycles. The number of fused-ring (bicyclic) bond motifs is 2. The predicted octanol–water partition coefficient (Wildman–Crippen LogP) is 4.02. The number of nitrogens with one attached hydrogen (secondary N) is 1. The second-order valence-electron chi connectivity index (χ2n) is 8.66. The molecule has 0 aliphatic carbocycles. The molecule has 10 nitrogen and oxygen atoms in total. The van der Waals surface area contributed by atoms with E-state index >= 15 is 0 Å². The van der Waals surface area contributed by atoms with Crippen LogP contribution < -0.4 is 34.4 Å². The average Bonchev–Trinajstić information content (AvgIpc) is 3.41. The van der Waals surface area contributed by atoms with Crippen LogP contribution in [0.25, 0.3) is 10.9 Å². The van der Waals surface area contributed by atoms with Gasteiger partial charge in [0.25, 0.3) is 0 Å². The van der Waals surface area contributed by atoms with Crippen LogP contribution in [0, 0.1) is 0 Å². The Balaban J connectivity index is 1.54. The Kier molecular flexibility index (Phi) is 7.09. The average molecular weight is 531 g/mol. The summed E-state index contributed by atoms with van der Waals surface area (Å²) in [5, 5.41) is 3.05. The van der Waals surface area contributed by atoms with Crippen molar-refractivity contribution >= 4 is 28.3 Å². The summed E-state index contributed by atoms with van der Waals surface area (Å²) >= 11 is 0. The highest BCUT2D eigenvalue weighted by atomic mass is 16.7. The molecule has 4 aromatic rings. The second kappa shape index (κ2) is 10.8. The van der Waals surface area contributed by atoms with E-state index in [4.69, 9.17) is 23.7 Å². The van der Waals surface area contributed by atoms with Gasteiger partial charge in [0.2, 0.25) is 18.1 Å². The number of methoxy groups -OCH3 is 2. The normalized spacial score (nSPS) is 11.8. The van der Waals surface area contributed by atoms with Gasteiger partial charge in [0.05, 0.1) is 37.3 Å². The van der Waals surface area contributed by atoms with Crippen LogP contribution in [0.15, 0.2) is 65.6 Å². The lowest BCUT2D eigenvalue weighted by Crippen LogP contribution is -2.24. The summed E-state index contributed by atoms with van der Waals surface area (Å²) in [5.41, 5.74) is 0.642. The molecule has 1 aromatic heterocycles. The molecule has 0 atom stereocenters. The number of hydrogen-bond donors (Lipinski definition) is 1. The number of benzene rings is 3. The van der Waals surface area contributed by atoms with Gasteiger partial charge in [-0.25, -0.2) is 0 Å². The molecule has 200 valence electrons. The first-order valence-corrected chi connectivity index (χ1v) is 12.2. The molecule has 0 saturated heterocycles. The smallest absolute Gasteiger partial charge is 0.244 e. The van der Waals surface area contributed by atoms with Gasteiger partial charge in [-0.15, -0.1) is 0 Å². The van der Waals surface area contributed by atoms with Gasteiger partial charge in [-0.3, -0.25) is 14.4 Å². The first kappa shape index (κ1) is 25.7. The quantitative estimate of drug-likeness (QED) is 0.323. The van der Waals surface area contributed by atoms with Crippen molar-refractivity contribution in [2.24, 2.45) is 0 Å². The molecule has 0 unspecified atom stereocenters. The molecule has 1 aliphatic rings. The van der Waals surface area contributed by atoms with Crippen molar-refractivity contribution in [1.29, 1.82) is 0 Å². The highest BCUT2D eigenvalue weighted by Crippen LogP contribution is 2.35. The van der Waals surface area contributed by atoms with Crippen LogP contribution >= 0.6 is 0 Å². The summed E-state index contributed by atoms with van der Waals surface area (Å²) in [4.78, 5) is 40.1. The summed E-state index contributed by atoms with van der Waals surface area (Å²) < 4.78 is 28.5. The number of nitrogens with zero attached hydrogens (tertiary/aromatic N) is 1. The molecule has 5 rings (SSSR count). The number of ether oxygens (including phenoxy) is 5. The van der Waals surface area contributed by atoms with E-state index in [1.165, 1.54) is 26.5 Å². The lowest BCUT2D eigenvalue weighted by atomic mass is 10.0. The third kappa shape index (κ3) is 5.22. The van der Waals surface area contributed by atoms with Crippen molar-refractivity contribution in [1.82, 2.24) is 4.57 Å². The third-order valence-corrected chi connectivity index (χ3v) is 6.20. The van der Waals surface area contributed by atoms with Gasteiger partial charge in [-0.1, -0.05) is 0 Å². The summed E-state index contributed by atoms with van der Waals surface area (Å²) in [5.74, 6) is 1.60. The Morgan fingerprint density at radius 2 is 1.59 bits per heavy atom. The molecule has 39 heavy (non-hydrogen) atoms. The zero-order chi connectivity index (χ0) is 27.5. The molecule has 1 N–H and O–H groups in total. The van der Waals surface area contributed by atoms with Crippen LogP contribution in [0.2, 0.25) is 0 Å². The van der Waals surface area contributed by atoms with E-state index in [2.05, 4.69) is 5.32 Å². The van der Waals surface area contributed by atoms with E-state index < -0.39 is 17.1 Å². The Hall–Kier alpha value is -4.99. The van der Waals surface area contributed by atoms with E-state index in [1.54, 1.807) is 53.1 Å². The number of amides is 1. The zero-order valence-corrected chi connectivity index (χ0v) is 21.6. The summed E-state index contributed by atoms with van der Waals surface area (Å²) in [7, 11) is 3.03. The molecule has 10 heteroatoms. The van der Waals surface area contributed by atoms with Crippen LogP contribution in [0.3, 0.4) is 0 Å². The zero-order valence-electron chi connectivity index (χ0n) is 21.6. The molecule has 0 bridgehead atoms. The van der Waals surface area contributed by atoms with Crippen LogP contribution in [-0.4, -0.2) is 43.9 Å². The van der Waals surface area contributed by atoms with Crippen molar-refractivity contribution in [3.05, 3.63) is 82.1 Å². The lowest BCUT2D eigenvalue weighted by molar-refractivity contribution is -0.116. The van der Waals surface area contributed by atoms with E-state index in [-0.39, 0.29) is 24.3 Å². The number of aromatic nitrogens is 1. The number of carbonyl (C=O) groups excluding carboxylic acids is 2. The van der Waals surface area contributed by atoms with Crippen molar-refractivity contribution in [3.63, 3.8) is 0 Å².